The third kappa shape index (κ3) is 2.94. The third-order valence-corrected chi connectivity index (χ3v) is 4.57. The van der Waals surface area contributed by atoms with Crippen LogP contribution in [0.1, 0.15) is 50.8 Å². The van der Waals surface area contributed by atoms with E-state index in [-0.39, 0.29) is 18.2 Å². The highest BCUT2D eigenvalue weighted by molar-refractivity contribution is 5.92. The molecule has 6 heteroatoms. The van der Waals surface area contributed by atoms with Crippen molar-refractivity contribution in [2.45, 2.75) is 51.6 Å². The SMILES string of the molecule is CC1(C(=O)NCc2ccn(C3CCCC3)n2)CNC(=O)C1. The lowest BCUT2D eigenvalue weighted by Gasteiger charge is -2.19. The quantitative estimate of drug-likeness (QED) is 0.873. The maximum Gasteiger partial charge on any atom is 0.228 e. The number of hydrogen-bond donors (Lipinski definition) is 2. The van der Waals surface area contributed by atoms with Gasteiger partial charge in [0.1, 0.15) is 0 Å². The summed E-state index contributed by atoms with van der Waals surface area (Å²) in [6.07, 6.45) is 7.19. The molecule has 0 aromatic carbocycles. The van der Waals surface area contributed by atoms with E-state index in [0.717, 1.165) is 5.69 Å². The Labute approximate surface area is 124 Å². The maximum absolute atomic E-state index is 12.2. The number of aromatic nitrogens is 2. The topological polar surface area (TPSA) is 76.0 Å². The molecule has 1 aromatic rings. The van der Waals surface area contributed by atoms with Crippen LogP contribution in [-0.4, -0.2) is 28.1 Å². The molecule has 1 unspecified atom stereocenters. The largest absolute Gasteiger partial charge is 0.355 e. The van der Waals surface area contributed by atoms with Gasteiger partial charge >= 0.3 is 0 Å². The van der Waals surface area contributed by atoms with Gasteiger partial charge in [-0.15, -0.1) is 0 Å². The second-order valence-electron chi connectivity index (χ2n) is 6.42. The van der Waals surface area contributed by atoms with Crippen molar-refractivity contribution in [3.63, 3.8) is 0 Å². The minimum Gasteiger partial charge on any atom is -0.355 e. The predicted molar refractivity (Wildman–Crippen MR) is 77.3 cm³/mol. The van der Waals surface area contributed by atoms with Gasteiger partial charge in [-0.3, -0.25) is 14.3 Å². The Morgan fingerprint density at radius 3 is 2.95 bits per heavy atom. The lowest BCUT2D eigenvalue weighted by Crippen LogP contribution is -2.40. The molecular weight excluding hydrogens is 268 g/mol. The molecule has 0 radical (unpaired) electrons. The van der Waals surface area contributed by atoms with Gasteiger partial charge in [0.15, 0.2) is 0 Å². The van der Waals surface area contributed by atoms with E-state index in [2.05, 4.69) is 15.7 Å². The molecule has 1 aliphatic heterocycles. The van der Waals surface area contributed by atoms with Crippen LogP contribution < -0.4 is 10.6 Å². The van der Waals surface area contributed by atoms with Gasteiger partial charge in [0.2, 0.25) is 11.8 Å². The van der Waals surface area contributed by atoms with E-state index in [1.54, 1.807) is 0 Å². The highest BCUT2D eigenvalue weighted by atomic mass is 16.2. The molecule has 3 rings (SSSR count). The molecule has 6 nitrogen and oxygen atoms in total. The summed E-state index contributed by atoms with van der Waals surface area (Å²) in [6, 6.07) is 2.47. The van der Waals surface area contributed by atoms with Crippen LogP contribution in [-0.2, 0) is 16.1 Å². The number of hydrogen-bond acceptors (Lipinski definition) is 3. The van der Waals surface area contributed by atoms with Gasteiger partial charge in [-0.05, 0) is 25.8 Å². The number of carbonyl (C=O) groups excluding carboxylic acids is 2. The standard InChI is InChI=1S/C15H22N4O2/c1-15(8-13(20)17-10-15)14(21)16-9-11-6-7-19(18-11)12-4-2-3-5-12/h6-7,12H,2-5,8-10H2,1H3,(H,16,21)(H,17,20). The van der Waals surface area contributed by atoms with Crippen molar-refractivity contribution in [1.82, 2.24) is 20.4 Å². The third-order valence-electron chi connectivity index (χ3n) is 4.57. The average Bonchev–Trinajstić information content (AvgIpc) is 3.16. The molecule has 2 N–H and O–H groups in total. The molecule has 1 aromatic heterocycles. The summed E-state index contributed by atoms with van der Waals surface area (Å²) in [4.78, 5) is 23.5. The van der Waals surface area contributed by atoms with Gasteiger partial charge in [0.25, 0.3) is 0 Å². The van der Waals surface area contributed by atoms with Crippen molar-refractivity contribution in [2.75, 3.05) is 6.54 Å². The number of carbonyl (C=O) groups is 2. The van der Waals surface area contributed by atoms with Gasteiger partial charge in [-0.2, -0.15) is 5.10 Å². The first-order chi connectivity index (χ1) is 10.1. The fraction of sp³-hybridized carbons (Fsp3) is 0.667. The molecule has 1 saturated carbocycles. The van der Waals surface area contributed by atoms with Crippen LogP contribution in [0.5, 0.6) is 0 Å². The van der Waals surface area contributed by atoms with Crippen molar-refractivity contribution in [3.8, 4) is 0 Å². The van der Waals surface area contributed by atoms with Crippen molar-refractivity contribution in [1.29, 1.82) is 0 Å². The fourth-order valence-electron chi connectivity index (χ4n) is 3.16. The van der Waals surface area contributed by atoms with Crippen molar-refractivity contribution < 1.29 is 9.59 Å². The zero-order chi connectivity index (χ0) is 14.9. The van der Waals surface area contributed by atoms with Crippen molar-refractivity contribution in [3.05, 3.63) is 18.0 Å². The van der Waals surface area contributed by atoms with Gasteiger partial charge in [-0.25, -0.2) is 0 Å². The van der Waals surface area contributed by atoms with E-state index in [9.17, 15) is 9.59 Å². The monoisotopic (exact) mass is 290 g/mol. The second kappa shape index (κ2) is 5.50. The Balaban J connectivity index is 1.55. The molecule has 0 bridgehead atoms. The predicted octanol–water partition coefficient (Wildman–Crippen LogP) is 1.14. The summed E-state index contributed by atoms with van der Waals surface area (Å²) >= 11 is 0. The van der Waals surface area contributed by atoms with Crippen LogP contribution in [0.3, 0.4) is 0 Å². The number of nitrogens with one attached hydrogen (secondary N) is 2. The smallest absolute Gasteiger partial charge is 0.228 e. The Hall–Kier alpha value is -1.85. The minimum absolute atomic E-state index is 0.0573. The molecule has 21 heavy (non-hydrogen) atoms. The first kappa shape index (κ1) is 14.1. The van der Waals surface area contributed by atoms with E-state index < -0.39 is 5.41 Å². The minimum atomic E-state index is -0.634. The zero-order valence-corrected chi connectivity index (χ0v) is 12.4. The first-order valence-electron chi connectivity index (χ1n) is 7.66. The second-order valence-corrected chi connectivity index (χ2v) is 6.42. The fourth-order valence-corrected chi connectivity index (χ4v) is 3.16. The number of nitrogens with zero attached hydrogens (tertiary/aromatic N) is 2. The van der Waals surface area contributed by atoms with E-state index in [4.69, 9.17) is 0 Å². The Morgan fingerprint density at radius 2 is 2.29 bits per heavy atom. The Bertz CT molecular complexity index is 548. The van der Waals surface area contributed by atoms with Crippen LogP contribution in [0.25, 0.3) is 0 Å². The molecule has 1 aliphatic carbocycles. The molecule has 114 valence electrons. The van der Waals surface area contributed by atoms with Gasteiger partial charge in [0.05, 0.1) is 23.7 Å². The van der Waals surface area contributed by atoms with E-state index in [1.807, 2.05) is 23.9 Å². The summed E-state index contributed by atoms with van der Waals surface area (Å²) in [5.41, 5.74) is 0.238. The summed E-state index contributed by atoms with van der Waals surface area (Å²) in [7, 11) is 0. The summed E-state index contributed by atoms with van der Waals surface area (Å²) in [6.45, 7) is 2.65. The summed E-state index contributed by atoms with van der Waals surface area (Å²) in [5.74, 6) is -0.144. The highest BCUT2D eigenvalue weighted by Crippen LogP contribution is 2.29. The van der Waals surface area contributed by atoms with Crippen LogP contribution in [0.4, 0.5) is 0 Å². The van der Waals surface area contributed by atoms with E-state index >= 15 is 0 Å². The highest BCUT2D eigenvalue weighted by Gasteiger charge is 2.40. The molecule has 2 heterocycles. The average molecular weight is 290 g/mol. The summed E-state index contributed by atoms with van der Waals surface area (Å²) in [5, 5.41) is 10.2. The number of rotatable bonds is 4. The molecule has 2 fully saturated rings. The van der Waals surface area contributed by atoms with E-state index in [0.29, 0.717) is 19.1 Å². The van der Waals surface area contributed by atoms with E-state index in [1.165, 1.54) is 25.7 Å². The van der Waals surface area contributed by atoms with Crippen LogP contribution in [0, 0.1) is 5.41 Å². The van der Waals surface area contributed by atoms with Crippen LogP contribution >= 0.6 is 0 Å². The van der Waals surface area contributed by atoms with Gasteiger partial charge in [-0.1, -0.05) is 12.8 Å². The van der Waals surface area contributed by atoms with Crippen molar-refractivity contribution >= 4 is 11.8 Å². The molecule has 1 atom stereocenters. The number of amides is 2. The Kier molecular flexibility index (Phi) is 3.69. The normalized spacial score (nSPS) is 26.0. The first-order valence-corrected chi connectivity index (χ1v) is 7.66. The molecule has 2 aliphatic rings. The van der Waals surface area contributed by atoms with Gasteiger partial charge in [0, 0.05) is 19.2 Å². The summed E-state index contributed by atoms with van der Waals surface area (Å²) < 4.78 is 2.02. The molecule has 0 spiro atoms. The lowest BCUT2D eigenvalue weighted by atomic mass is 9.88. The van der Waals surface area contributed by atoms with Crippen LogP contribution in [0.15, 0.2) is 12.3 Å². The zero-order valence-electron chi connectivity index (χ0n) is 12.4. The molecule has 1 saturated heterocycles. The maximum atomic E-state index is 12.2. The van der Waals surface area contributed by atoms with Gasteiger partial charge < -0.3 is 10.6 Å². The van der Waals surface area contributed by atoms with Crippen LogP contribution in [0.2, 0.25) is 0 Å². The Morgan fingerprint density at radius 1 is 1.52 bits per heavy atom. The molecular formula is C15H22N4O2. The van der Waals surface area contributed by atoms with Crippen molar-refractivity contribution in [2.24, 2.45) is 5.41 Å². The lowest BCUT2D eigenvalue weighted by molar-refractivity contribution is -0.131. The molecule has 2 amide bonds.